The van der Waals surface area contributed by atoms with E-state index in [2.05, 4.69) is 17.2 Å². The summed E-state index contributed by atoms with van der Waals surface area (Å²) in [4.78, 5) is 25.6. The van der Waals surface area contributed by atoms with Crippen LogP contribution in [0.4, 0.5) is 4.79 Å². The molecule has 0 aromatic heterocycles. The van der Waals surface area contributed by atoms with E-state index in [1.165, 1.54) is 0 Å². The maximum Gasteiger partial charge on any atom is 0.408 e. The number of ether oxygens (including phenoxy) is 1. The van der Waals surface area contributed by atoms with Crippen LogP contribution in [0, 0.1) is 0 Å². The molecule has 0 radical (unpaired) electrons. The molecule has 6 heteroatoms. The second-order valence-corrected chi connectivity index (χ2v) is 8.79. The number of amides is 2. The van der Waals surface area contributed by atoms with Crippen LogP contribution in [-0.4, -0.2) is 40.9 Å². The Morgan fingerprint density at radius 1 is 0.969 bits per heavy atom. The van der Waals surface area contributed by atoms with Crippen molar-refractivity contribution in [2.45, 2.75) is 63.8 Å². The first-order chi connectivity index (χ1) is 15.2. The van der Waals surface area contributed by atoms with Gasteiger partial charge in [0.2, 0.25) is 5.91 Å². The summed E-state index contributed by atoms with van der Waals surface area (Å²) >= 11 is 0. The summed E-state index contributed by atoms with van der Waals surface area (Å²) < 4.78 is 5.35. The van der Waals surface area contributed by atoms with E-state index in [1.807, 2.05) is 60.7 Å². The summed E-state index contributed by atoms with van der Waals surface area (Å²) in [5.41, 5.74) is 1.20. The molecule has 0 bridgehead atoms. The Kier molecular flexibility index (Phi) is 9.47. The van der Waals surface area contributed by atoms with Crippen LogP contribution in [-0.2, 0) is 22.4 Å². The first-order valence-corrected chi connectivity index (χ1v) is 10.8. The molecule has 0 aliphatic carbocycles. The fourth-order valence-electron chi connectivity index (χ4n) is 3.28. The van der Waals surface area contributed by atoms with Crippen molar-refractivity contribution in [2.24, 2.45) is 0 Å². The molecular weight excluding hydrogens is 404 g/mol. The van der Waals surface area contributed by atoms with Crippen molar-refractivity contribution >= 4 is 12.0 Å². The Labute approximate surface area is 190 Å². The second kappa shape index (κ2) is 12.1. The molecule has 0 heterocycles. The molecule has 0 aliphatic rings. The third-order valence-electron chi connectivity index (χ3n) is 4.79. The standard InChI is InChI=1S/C26H34N2O4/c1-5-12-23(29)21(17-19-13-8-6-9-14-19)27-24(30)22(18-20-15-10-7-11-16-20)28-25(31)32-26(2,3)4/h5-11,13-16,21-23,29H,1,12,17-18H2,2-4H3,(H,27,30)(H,28,31)/t21-,22-,23-/m0/s1. The molecule has 0 fully saturated rings. The van der Waals surface area contributed by atoms with E-state index in [9.17, 15) is 14.7 Å². The number of hydrogen-bond acceptors (Lipinski definition) is 4. The number of rotatable bonds is 10. The minimum absolute atomic E-state index is 0.293. The first kappa shape index (κ1) is 25.1. The zero-order valence-corrected chi connectivity index (χ0v) is 19.1. The van der Waals surface area contributed by atoms with E-state index >= 15 is 0 Å². The van der Waals surface area contributed by atoms with E-state index in [0.29, 0.717) is 19.3 Å². The van der Waals surface area contributed by atoms with Crippen molar-refractivity contribution in [3.8, 4) is 0 Å². The van der Waals surface area contributed by atoms with Gasteiger partial charge < -0.3 is 20.5 Å². The summed E-state index contributed by atoms with van der Waals surface area (Å²) in [7, 11) is 0. The van der Waals surface area contributed by atoms with E-state index in [-0.39, 0.29) is 5.91 Å². The Morgan fingerprint density at radius 3 is 2.00 bits per heavy atom. The zero-order valence-electron chi connectivity index (χ0n) is 19.1. The fraction of sp³-hybridized carbons (Fsp3) is 0.385. The van der Waals surface area contributed by atoms with Gasteiger partial charge in [-0.1, -0.05) is 66.7 Å². The number of nitrogens with one attached hydrogen (secondary N) is 2. The zero-order chi connectivity index (χ0) is 23.6. The van der Waals surface area contributed by atoms with Crippen LogP contribution in [0.25, 0.3) is 0 Å². The summed E-state index contributed by atoms with van der Waals surface area (Å²) in [6.07, 6.45) is 1.22. The van der Waals surface area contributed by atoms with Gasteiger partial charge in [-0.3, -0.25) is 4.79 Å². The van der Waals surface area contributed by atoms with Gasteiger partial charge in [-0.15, -0.1) is 6.58 Å². The largest absolute Gasteiger partial charge is 0.444 e. The number of alkyl carbamates (subject to hydrolysis) is 1. The highest BCUT2D eigenvalue weighted by Crippen LogP contribution is 2.12. The summed E-state index contributed by atoms with van der Waals surface area (Å²) in [6.45, 7) is 8.98. The van der Waals surface area contributed by atoms with Crippen molar-refractivity contribution in [1.29, 1.82) is 0 Å². The summed E-state index contributed by atoms with van der Waals surface area (Å²) in [5.74, 6) is -0.385. The average Bonchev–Trinajstić information content (AvgIpc) is 2.73. The number of hydrogen-bond donors (Lipinski definition) is 3. The molecule has 0 saturated carbocycles. The Morgan fingerprint density at radius 2 is 1.50 bits per heavy atom. The molecule has 2 rings (SSSR count). The van der Waals surface area contributed by atoms with Gasteiger partial charge in [0.15, 0.2) is 0 Å². The third kappa shape index (κ3) is 8.94. The topological polar surface area (TPSA) is 87.7 Å². The van der Waals surface area contributed by atoms with Crippen LogP contribution in [0.5, 0.6) is 0 Å². The maximum absolute atomic E-state index is 13.2. The quantitative estimate of drug-likeness (QED) is 0.493. The molecule has 0 spiro atoms. The number of aliphatic hydroxyl groups excluding tert-OH is 1. The van der Waals surface area contributed by atoms with Gasteiger partial charge in [0.1, 0.15) is 11.6 Å². The van der Waals surface area contributed by atoms with Gasteiger partial charge in [-0.25, -0.2) is 4.79 Å². The maximum atomic E-state index is 13.2. The third-order valence-corrected chi connectivity index (χ3v) is 4.79. The van der Waals surface area contributed by atoms with E-state index < -0.39 is 29.9 Å². The van der Waals surface area contributed by atoms with Gasteiger partial charge in [0.25, 0.3) is 0 Å². The minimum atomic E-state index is -0.860. The van der Waals surface area contributed by atoms with Crippen LogP contribution >= 0.6 is 0 Å². The lowest BCUT2D eigenvalue weighted by Gasteiger charge is -2.27. The molecule has 32 heavy (non-hydrogen) atoms. The minimum Gasteiger partial charge on any atom is -0.444 e. The molecule has 172 valence electrons. The highest BCUT2D eigenvalue weighted by atomic mass is 16.6. The van der Waals surface area contributed by atoms with Gasteiger partial charge in [0, 0.05) is 6.42 Å². The van der Waals surface area contributed by atoms with E-state index in [4.69, 9.17) is 4.74 Å². The normalized spacial score (nSPS) is 14.0. The highest BCUT2D eigenvalue weighted by molar-refractivity contribution is 5.86. The number of carbonyl (C=O) groups excluding carboxylic acids is 2. The van der Waals surface area contributed by atoms with Crippen LogP contribution < -0.4 is 10.6 Å². The molecule has 2 aromatic rings. The number of aliphatic hydroxyl groups is 1. The van der Waals surface area contributed by atoms with Crippen LogP contribution in [0.1, 0.15) is 38.3 Å². The molecule has 2 aromatic carbocycles. The monoisotopic (exact) mass is 438 g/mol. The SMILES string of the molecule is C=CC[C@H](O)[C@H](Cc1ccccc1)NC(=O)[C@H](Cc1ccccc1)NC(=O)OC(C)(C)C. The molecule has 0 saturated heterocycles. The lowest BCUT2D eigenvalue weighted by Crippen LogP contribution is -2.54. The molecule has 2 amide bonds. The second-order valence-electron chi connectivity index (χ2n) is 8.79. The number of benzene rings is 2. The van der Waals surface area contributed by atoms with Gasteiger partial charge >= 0.3 is 6.09 Å². The fourth-order valence-corrected chi connectivity index (χ4v) is 3.28. The molecule has 0 aliphatic heterocycles. The molecule has 3 atom stereocenters. The predicted octanol–water partition coefficient (Wildman–Crippen LogP) is 3.79. The van der Waals surface area contributed by atoms with E-state index in [1.54, 1.807) is 26.8 Å². The van der Waals surface area contributed by atoms with Crippen molar-refractivity contribution in [3.63, 3.8) is 0 Å². The smallest absolute Gasteiger partial charge is 0.408 e. The average molecular weight is 439 g/mol. The Bertz CT molecular complexity index is 862. The van der Waals surface area contributed by atoms with Crippen molar-refractivity contribution < 1.29 is 19.4 Å². The van der Waals surface area contributed by atoms with Crippen molar-refractivity contribution in [3.05, 3.63) is 84.4 Å². The molecule has 6 nitrogen and oxygen atoms in total. The molecule has 0 unspecified atom stereocenters. The van der Waals surface area contributed by atoms with Crippen LogP contribution in [0.2, 0.25) is 0 Å². The Hall–Kier alpha value is -3.12. The summed E-state index contributed by atoms with van der Waals surface area (Å²) in [5, 5.41) is 16.2. The Balaban J connectivity index is 2.19. The summed E-state index contributed by atoms with van der Waals surface area (Å²) in [6, 6.07) is 17.7. The van der Waals surface area contributed by atoms with Gasteiger partial charge in [0.05, 0.1) is 12.1 Å². The lowest BCUT2D eigenvalue weighted by molar-refractivity contribution is -0.124. The lowest BCUT2D eigenvalue weighted by atomic mass is 9.98. The van der Waals surface area contributed by atoms with Gasteiger partial charge in [-0.2, -0.15) is 0 Å². The van der Waals surface area contributed by atoms with E-state index in [0.717, 1.165) is 11.1 Å². The number of carbonyl (C=O) groups is 2. The molecular formula is C26H34N2O4. The van der Waals surface area contributed by atoms with Crippen LogP contribution in [0.3, 0.4) is 0 Å². The van der Waals surface area contributed by atoms with Crippen molar-refractivity contribution in [1.82, 2.24) is 10.6 Å². The highest BCUT2D eigenvalue weighted by Gasteiger charge is 2.28. The van der Waals surface area contributed by atoms with Crippen LogP contribution in [0.15, 0.2) is 73.3 Å². The molecule has 3 N–H and O–H groups in total. The van der Waals surface area contributed by atoms with Gasteiger partial charge in [-0.05, 0) is 44.7 Å². The van der Waals surface area contributed by atoms with Crippen molar-refractivity contribution in [2.75, 3.05) is 0 Å². The predicted molar refractivity (Wildman–Crippen MR) is 126 cm³/mol. The first-order valence-electron chi connectivity index (χ1n) is 10.8.